The van der Waals surface area contributed by atoms with Gasteiger partial charge in [-0.1, -0.05) is 97.0 Å². The van der Waals surface area contributed by atoms with Crippen molar-refractivity contribution in [2.24, 2.45) is 0 Å². The molecule has 3 rings (SSSR count). The number of nitrogens with one attached hydrogen (secondary N) is 1. The zero-order valence-corrected chi connectivity index (χ0v) is 25.5. The minimum Gasteiger partial charge on any atom is -0.395 e. The number of benzene rings is 2. The highest BCUT2D eigenvalue weighted by Crippen LogP contribution is 2.31. The van der Waals surface area contributed by atoms with Crippen molar-refractivity contribution >= 4 is 5.91 Å². The molecule has 2 aromatic rings. The van der Waals surface area contributed by atoms with E-state index in [2.05, 4.69) is 87.3 Å². The topological polar surface area (TPSA) is 76.0 Å². The van der Waals surface area contributed by atoms with Crippen LogP contribution in [0.1, 0.15) is 95.9 Å². The smallest absolute Gasteiger partial charge is 0.243 e. The molecule has 0 radical (unpaired) electrons. The summed E-state index contributed by atoms with van der Waals surface area (Å²) in [5, 5.41) is 22.9. The number of carbonyl (C=O) groups is 1. The summed E-state index contributed by atoms with van der Waals surface area (Å²) in [6.45, 7) is 17.8. The molecule has 3 N–H and O–H groups in total. The van der Waals surface area contributed by atoms with Gasteiger partial charge in [-0.05, 0) is 52.8 Å². The lowest BCUT2D eigenvalue weighted by molar-refractivity contribution is -0.142. The summed E-state index contributed by atoms with van der Waals surface area (Å²) in [6, 6.07) is 17.1. The molecule has 1 heterocycles. The van der Waals surface area contributed by atoms with Gasteiger partial charge in [0, 0.05) is 32.7 Å². The molecule has 218 valence electrons. The molecule has 6 nitrogen and oxygen atoms in total. The minimum atomic E-state index is -0.835. The minimum absolute atomic E-state index is 0.00468. The number of amides is 1. The maximum absolute atomic E-state index is 14.0. The Morgan fingerprint density at radius 1 is 1.05 bits per heavy atom. The van der Waals surface area contributed by atoms with Crippen LogP contribution in [0.2, 0.25) is 0 Å². The van der Waals surface area contributed by atoms with E-state index in [9.17, 15) is 15.0 Å². The Morgan fingerprint density at radius 2 is 1.69 bits per heavy atom. The molecular weight excluding hydrogens is 486 g/mol. The average molecular weight is 540 g/mol. The molecule has 0 spiro atoms. The highest BCUT2D eigenvalue weighted by Gasteiger charge is 2.43. The number of aliphatic hydroxyl groups is 2. The van der Waals surface area contributed by atoms with Crippen LogP contribution in [0, 0.1) is 0 Å². The van der Waals surface area contributed by atoms with E-state index < -0.39 is 5.54 Å². The Morgan fingerprint density at radius 3 is 2.23 bits per heavy atom. The molecule has 0 saturated carbocycles. The first kappa shape index (κ1) is 33.0. The van der Waals surface area contributed by atoms with Crippen LogP contribution in [0.25, 0.3) is 0 Å². The Bertz CT molecular complexity index is 995. The van der Waals surface area contributed by atoms with Crippen molar-refractivity contribution in [3.8, 4) is 0 Å². The molecular formula is C33H53N3O3. The number of aliphatic hydroxyl groups excluding tert-OH is 2. The van der Waals surface area contributed by atoms with Gasteiger partial charge in [-0.2, -0.15) is 0 Å². The first-order chi connectivity index (χ1) is 18.6. The highest BCUT2D eigenvalue weighted by molar-refractivity contribution is 5.86. The van der Waals surface area contributed by atoms with E-state index >= 15 is 0 Å². The van der Waals surface area contributed by atoms with Crippen LogP contribution in [0.5, 0.6) is 0 Å². The van der Waals surface area contributed by atoms with Gasteiger partial charge in [0.15, 0.2) is 0 Å². The van der Waals surface area contributed by atoms with Crippen LogP contribution in [0.3, 0.4) is 0 Å². The summed E-state index contributed by atoms with van der Waals surface area (Å²) >= 11 is 0. The van der Waals surface area contributed by atoms with Crippen molar-refractivity contribution < 1.29 is 15.0 Å². The third-order valence-electron chi connectivity index (χ3n) is 7.88. The van der Waals surface area contributed by atoms with Gasteiger partial charge in [-0.15, -0.1) is 0 Å². The molecule has 1 aliphatic rings. The van der Waals surface area contributed by atoms with Gasteiger partial charge in [0.05, 0.1) is 13.3 Å². The number of piperidine rings is 1. The number of hydrogen-bond donors (Lipinski definition) is 3. The van der Waals surface area contributed by atoms with Gasteiger partial charge in [-0.25, -0.2) is 0 Å². The summed E-state index contributed by atoms with van der Waals surface area (Å²) < 4.78 is 0. The van der Waals surface area contributed by atoms with Crippen molar-refractivity contribution in [1.29, 1.82) is 0 Å². The van der Waals surface area contributed by atoms with Crippen molar-refractivity contribution in [3.05, 3.63) is 70.8 Å². The standard InChI is InChI=1S/C31H47N3O3.C2H6/c1-6-24(2)27-18-26(19-28(20-27)30(3,4)5)22-34(16-17-35)29(37)31(32-23-36)12-14-33(15-13-31)21-25-10-8-7-9-11-25;1-2/h7-11,18-20,24,32,35-36H,6,12-17,21-23H2,1-5H3;1-2H3. The van der Waals surface area contributed by atoms with Gasteiger partial charge in [0.25, 0.3) is 0 Å². The van der Waals surface area contributed by atoms with E-state index in [1.54, 1.807) is 4.90 Å². The van der Waals surface area contributed by atoms with Crippen LogP contribution >= 0.6 is 0 Å². The number of likely N-dealkylation sites (tertiary alicyclic amines) is 1. The second kappa shape index (κ2) is 15.5. The molecule has 6 heteroatoms. The largest absolute Gasteiger partial charge is 0.395 e. The number of hydrogen-bond acceptors (Lipinski definition) is 5. The van der Waals surface area contributed by atoms with E-state index in [0.29, 0.717) is 25.3 Å². The second-order valence-electron chi connectivity index (χ2n) is 11.7. The SMILES string of the molecule is CC.CCC(C)c1cc(CN(CCO)C(=O)C2(NCO)CCN(Cc3ccccc3)CC2)cc(C(C)(C)C)c1. The molecule has 0 aliphatic carbocycles. The van der Waals surface area contributed by atoms with E-state index in [-0.39, 0.29) is 31.2 Å². The fourth-order valence-electron chi connectivity index (χ4n) is 5.21. The average Bonchev–Trinajstić information content (AvgIpc) is 2.94. The molecule has 1 atom stereocenters. The summed E-state index contributed by atoms with van der Waals surface area (Å²) in [4.78, 5) is 18.2. The Balaban J connectivity index is 0.00000260. The number of carbonyl (C=O) groups excluding carboxylic acids is 1. The third kappa shape index (κ3) is 9.14. The fraction of sp³-hybridized carbons (Fsp3) is 0.606. The molecule has 1 fully saturated rings. The fourth-order valence-corrected chi connectivity index (χ4v) is 5.21. The summed E-state index contributed by atoms with van der Waals surface area (Å²) in [6.07, 6.45) is 2.28. The normalized spacial score (nSPS) is 16.2. The zero-order chi connectivity index (χ0) is 29.1. The summed E-state index contributed by atoms with van der Waals surface area (Å²) in [7, 11) is 0. The molecule has 0 bridgehead atoms. The number of nitrogens with zero attached hydrogens (tertiary/aromatic N) is 2. The molecule has 1 saturated heterocycles. The molecule has 1 amide bonds. The first-order valence-corrected chi connectivity index (χ1v) is 14.8. The molecule has 39 heavy (non-hydrogen) atoms. The van der Waals surface area contributed by atoms with E-state index in [0.717, 1.165) is 31.6 Å². The van der Waals surface area contributed by atoms with Gasteiger partial charge >= 0.3 is 0 Å². The second-order valence-corrected chi connectivity index (χ2v) is 11.7. The van der Waals surface area contributed by atoms with Crippen LogP contribution in [0.4, 0.5) is 0 Å². The van der Waals surface area contributed by atoms with Gasteiger partial charge in [-0.3, -0.25) is 15.0 Å². The van der Waals surface area contributed by atoms with Gasteiger partial charge < -0.3 is 15.1 Å². The van der Waals surface area contributed by atoms with E-state index in [1.807, 2.05) is 19.9 Å². The lowest BCUT2D eigenvalue weighted by atomic mass is 9.82. The van der Waals surface area contributed by atoms with E-state index in [4.69, 9.17) is 0 Å². The maximum atomic E-state index is 14.0. The Labute approximate surface area is 237 Å². The quantitative estimate of drug-likeness (QED) is 0.333. The Kier molecular flexibility index (Phi) is 13.1. The Hall–Kier alpha value is -2.25. The maximum Gasteiger partial charge on any atom is 0.243 e. The van der Waals surface area contributed by atoms with Crippen LogP contribution in [-0.4, -0.2) is 64.4 Å². The molecule has 1 unspecified atom stereocenters. The van der Waals surface area contributed by atoms with Crippen molar-refractivity contribution in [1.82, 2.24) is 15.1 Å². The molecule has 0 aromatic heterocycles. The molecule has 1 aliphatic heterocycles. The first-order valence-electron chi connectivity index (χ1n) is 14.8. The molecule has 2 aromatic carbocycles. The number of rotatable bonds is 11. The monoisotopic (exact) mass is 539 g/mol. The van der Waals surface area contributed by atoms with Crippen molar-refractivity contribution in [3.63, 3.8) is 0 Å². The lowest BCUT2D eigenvalue weighted by Crippen LogP contribution is -2.62. The van der Waals surface area contributed by atoms with Crippen molar-refractivity contribution in [2.45, 2.75) is 97.7 Å². The van der Waals surface area contributed by atoms with Gasteiger partial charge in [0.2, 0.25) is 5.91 Å². The zero-order valence-electron chi connectivity index (χ0n) is 25.5. The predicted octanol–water partition coefficient (Wildman–Crippen LogP) is 5.42. The predicted molar refractivity (Wildman–Crippen MR) is 162 cm³/mol. The highest BCUT2D eigenvalue weighted by atomic mass is 16.3. The van der Waals surface area contributed by atoms with Crippen LogP contribution < -0.4 is 5.32 Å². The van der Waals surface area contributed by atoms with Crippen LogP contribution in [-0.2, 0) is 23.3 Å². The summed E-state index contributed by atoms with van der Waals surface area (Å²) in [5.74, 6) is 0.389. The van der Waals surface area contributed by atoms with Crippen molar-refractivity contribution in [2.75, 3.05) is 33.0 Å². The van der Waals surface area contributed by atoms with Gasteiger partial charge in [0.1, 0.15) is 5.54 Å². The van der Waals surface area contributed by atoms with E-state index in [1.165, 1.54) is 16.7 Å². The third-order valence-corrected chi connectivity index (χ3v) is 7.88. The lowest BCUT2D eigenvalue weighted by Gasteiger charge is -2.43. The van der Waals surface area contributed by atoms with Crippen LogP contribution in [0.15, 0.2) is 48.5 Å². The summed E-state index contributed by atoms with van der Waals surface area (Å²) in [5.41, 5.74) is 4.06.